The smallest absolute Gasteiger partial charge is 0.233 e. The first-order valence-electron chi connectivity index (χ1n) is 11.3. The number of sulfonamides is 1. The maximum absolute atomic E-state index is 12.1. The molecule has 0 spiro atoms. The lowest BCUT2D eigenvalue weighted by Crippen LogP contribution is -2.36. The maximum Gasteiger partial charge on any atom is 0.233 e. The summed E-state index contributed by atoms with van der Waals surface area (Å²) in [5.74, 6) is 1.07. The highest BCUT2D eigenvalue weighted by Gasteiger charge is 2.18. The fourth-order valence-corrected chi connectivity index (χ4v) is 4.55. The third-order valence-electron chi connectivity index (χ3n) is 6.00. The van der Waals surface area contributed by atoms with Crippen molar-refractivity contribution in [2.24, 2.45) is 0 Å². The molecule has 10 nitrogen and oxygen atoms in total. The van der Waals surface area contributed by atoms with Crippen LogP contribution in [-0.4, -0.2) is 67.8 Å². The van der Waals surface area contributed by atoms with E-state index in [2.05, 4.69) is 37.4 Å². The van der Waals surface area contributed by atoms with Gasteiger partial charge in [0, 0.05) is 60.9 Å². The van der Waals surface area contributed by atoms with Crippen molar-refractivity contribution in [3.05, 3.63) is 66.6 Å². The Morgan fingerprint density at radius 3 is 2.71 bits per heavy atom. The summed E-state index contributed by atoms with van der Waals surface area (Å²) in [5, 5.41) is 8.80. The van der Waals surface area contributed by atoms with Crippen molar-refractivity contribution in [3.63, 3.8) is 0 Å². The summed E-state index contributed by atoms with van der Waals surface area (Å²) < 4.78 is 32.6. The second-order valence-corrected chi connectivity index (χ2v) is 10.4. The molecular weight excluding hydrogens is 466 g/mol. The summed E-state index contributed by atoms with van der Waals surface area (Å²) in [6.45, 7) is 3.58. The summed E-state index contributed by atoms with van der Waals surface area (Å²) in [6.07, 6.45) is 6.27. The number of hydrogen-bond acceptors (Lipinski definition) is 8. The van der Waals surface area contributed by atoms with Gasteiger partial charge in [0.25, 0.3) is 0 Å². The van der Waals surface area contributed by atoms with E-state index in [0.29, 0.717) is 18.2 Å². The summed E-state index contributed by atoms with van der Waals surface area (Å²) in [7, 11) is -1.94. The number of hydrogen-bond donors (Lipinski definition) is 1. The van der Waals surface area contributed by atoms with Crippen molar-refractivity contribution in [1.29, 1.82) is 0 Å². The van der Waals surface area contributed by atoms with Gasteiger partial charge in [-0.05, 0) is 24.3 Å². The van der Waals surface area contributed by atoms with Gasteiger partial charge in [-0.25, -0.2) is 18.4 Å². The molecule has 1 aliphatic rings. The van der Waals surface area contributed by atoms with Gasteiger partial charge in [0.15, 0.2) is 0 Å². The minimum Gasteiger partial charge on any atom is -0.378 e. The molecule has 1 aromatic carbocycles. The highest BCUT2D eigenvalue weighted by atomic mass is 32.2. The van der Waals surface area contributed by atoms with E-state index in [-0.39, 0.29) is 0 Å². The molecule has 0 amide bonds. The average Bonchev–Trinajstić information content (AvgIpc) is 3.26. The van der Waals surface area contributed by atoms with Crippen LogP contribution in [0.2, 0.25) is 0 Å². The Kier molecular flexibility index (Phi) is 6.27. The molecule has 1 aliphatic heterocycles. The van der Waals surface area contributed by atoms with Crippen molar-refractivity contribution in [3.8, 4) is 0 Å². The van der Waals surface area contributed by atoms with Crippen LogP contribution in [0.15, 0.2) is 61.1 Å². The van der Waals surface area contributed by atoms with Gasteiger partial charge in [-0.3, -0.25) is 8.99 Å². The number of nitrogens with one attached hydrogen (secondary N) is 1. The normalized spacial score (nSPS) is 14.3. The molecule has 1 N–H and O–H groups in total. The number of ether oxygens (including phenoxy) is 1. The molecule has 5 rings (SSSR count). The summed E-state index contributed by atoms with van der Waals surface area (Å²) >= 11 is 0. The van der Waals surface area contributed by atoms with Crippen molar-refractivity contribution in [1.82, 2.24) is 19.7 Å². The second-order valence-electron chi connectivity index (χ2n) is 8.42. The van der Waals surface area contributed by atoms with Crippen LogP contribution in [0, 0.1) is 0 Å². The predicted octanol–water partition coefficient (Wildman–Crippen LogP) is 2.85. The molecule has 0 saturated carbocycles. The number of fused-ring (bicyclic) bond motifs is 1. The van der Waals surface area contributed by atoms with Crippen LogP contribution in [0.25, 0.3) is 10.9 Å². The van der Waals surface area contributed by atoms with Crippen LogP contribution < -0.4 is 14.5 Å². The Morgan fingerprint density at radius 1 is 1.09 bits per heavy atom. The zero-order valence-corrected chi connectivity index (χ0v) is 20.4. The minimum absolute atomic E-state index is 0.364. The third kappa shape index (κ3) is 5.05. The van der Waals surface area contributed by atoms with Gasteiger partial charge in [0.2, 0.25) is 10.0 Å². The van der Waals surface area contributed by atoms with Gasteiger partial charge in [-0.2, -0.15) is 5.10 Å². The molecule has 0 bridgehead atoms. The van der Waals surface area contributed by atoms with Gasteiger partial charge < -0.3 is 15.0 Å². The van der Waals surface area contributed by atoms with E-state index in [4.69, 9.17) is 4.74 Å². The Morgan fingerprint density at radius 2 is 1.91 bits per heavy atom. The number of anilines is 4. The first-order valence-corrected chi connectivity index (χ1v) is 13.1. The molecule has 4 aromatic rings. The van der Waals surface area contributed by atoms with Crippen molar-refractivity contribution in [2.75, 3.05) is 54.1 Å². The Hall–Kier alpha value is -3.70. The molecule has 0 atom stereocenters. The van der Waals surface area contributed by atoms with Crippen LogP contribution in [0.1, 0.15) is 5.56 Å². The largest absolute Gasteiger partial charge is 0.378 e. The van der Waals surface area contributed by atoms with Crippen LogP contribution in [0.4, 0.5) is 23.0 Å². The third-order valence-corrected chi connectivity index (χ3v) is 7.17. The standard InChI is InChI=1S/C24H27N7O3S/c1-29(35(2,32)33)24-18(5-4-8-25-24)17-31-22-14-23(26-15-19(22)16-27-31)28-20-6-3-7-21(13-20)30-9-11-34-12-10-30/h3-8,13-16H,9-12,17H2,1-2H3,(H,26,28). The zero-order valence-electron chi connectivity index (χ0n) is 19.6. The van der Waals surface area contributed by atoms with Gasteiger partial charge in [-0.1, -0.05) is 12.1 Å². The van der Waals surface area contributed by atoms with Crippen LogP contribution >= 0.6 is 0 Å². The minimum atomic E-state index is -3.44. The lowest BCUT2D eigenvalue weighted by atomic mass is 10.2. The molecule has 0 radical (unpaired) electrons. The van der Waals surface area contributed by atoms with Gasteiger partial charge in [0.1, 0.15) is 11.6 Å². The van der Waals surface area contributed by atoms with Crippen LogP contribution in [0.5, 0.6) is 0 Å². The molecule has 3 aromatic heterocycles. The van der Waals surface area contributed by atoms with E-state index < -0.39 is 10.0 Å². The Labute approximate surface area is 204 Å². The highest BCUT2D eigenvalue weighted by molar-refractivity contribution is 7.92. The molecular formula is C24H27N7O3S. The van der Waals surface area contributed by atoms with E-state index in [0.717, 1.165) is 60.4 Å². The highest BCUT2D eigenvalue weighted by Crippen LogP contribution is 2.26. The number of rotatable bonds is 7. The maximum atomic E-state index is 12.1. The predicted molar refractivity (Wildman–Crippen MR) is 137 cm³/mol. The molecule has 0 aliphatic carbocycles. The molecule has 35 heavy (non-hydrogen) atoms. The SMILES string of the molecule is CN(c1ncccc1Cn1ncc2cnc(Nc3cccc(N4CCOCC4)c3)cc21)S(C)(=O)=O. The van der Waals surface area contributed by atoms with E-state index in [9.17, 15) is 8.42 Å². The topological polar surface area (TPSA) is 105 Å². The van der Waals surface area contributed by atoms with Crippen molar-refractivity contribution in [2.45, 2.75) is 6.54 Å². The number of nitrogens with zero attached hydrogens (tertiary/aromatic N) is 6. The number of benzene rings is 1. The van der Waals surface area contributed by atoms with E-state index in [1.165, 1.54) is 11.4 Å². The quantitative estimate of drug-likeness (QED) is 0.419. The van der Waals surface area contributed by atoms with Gasteiger partial charge in [0.05, 0.1) is 37.7 Å². The lowest BCUT2D eigenvalue weighted by Gasteiger charge is -2.29. The fraction of sp³-hybridized carbons (Fsp3) is 0.292. The molecule has 0 unspecified atom stereocenters. The Bertz CT molecular complexity index is 1450. The van der Waals surface area contributed by atoms with Crippen molar-refractivity contribution < 1.29 is 13.2 Å². The molecule has 4 heterocycles. The van der Waals surface area contributed by atoms with Gasteiger partial charge >= 0.3 is 0 Å². The molecule has 11 heteroatoms. The molecule has 1 fully saturated rings. The number of aromatic nitrogens is 4. The zero-order chi connectivity index (χ0) is 24.4. The monoisotopic (exact) mass is 493 g/mol. The Balaban J connectivity index is 1.41. The van der Waals surface area contributed by atoms with Crippen molar-refractivity contribution >= 4 is 43.9 Å². The summed E-state index contributed by atoms with van der Waals surface area (Å²) in [6, 6.07) is 13.8. The fourth-order valence-electron chi connectivity index (χ4n) is 4.07. The summed E-state index contributed by atoms with van der Waals surface area (Å²) in [5.41, 5.74) is 3.71. The molecule has 182 valence electrons. The van der Waals surface area contributed by atoms with Crippen LogP contribution in [-0.2, 0) is 21.3 Å². The second kappa shape index (κ2) is 9.51. The summed E-state index contributed by atoms with van der Waals surface area (Å²) in [4.78, 5) is 11.1. The van der Waals surface area contributed by atoms with E-state index in [1.54, 1.807) is 24.7 Å². The van der Waals surface area contributed by atoms with Gasteiger partial charge in [-0.15, -0.1) is 0 Å². The van der Waals surface area contributed by atoms with E-state index >= 15 is 0 Å². The van der Waals surface area contributed by atoms with Crippen LogP contribution in [0.3, 0.4) is 0 Å². The average molecular weight is 494 g/mol. The first-order chi connectivity index (χ1) is 16.9. The lowest BCUT2D eigenvalue weighted by molar-refractivity contribution is 0.122. The number of morpholine rings is 1. The number of pyridine rings is 2. The van der Waals surface area contributed by atoms with E-state index in [1.807, 2.05) is 28.9 Å². The molecule has 1 saturated heterocycles. The first kappa shape index (κ1) is 23.1.